The summed E-state index contributed by atoms with van der Waals surface area (Å²) in [5.41, 5.74) is 5.61. The van der Waals surface area contributed by atoms with E-state index in [1.807, 2.05) is 0 Å². The molecule has 0 heterocycles. The highest BCUT2D eigenvalue weighted by atomic mass is 15.0. The number of hydrogen-bond acceptors (Lipinski definition) is 3. The zero-order valence-electron chi connectivity index (χ0n) is 21.6. The molecule has 2 rings (SSSR count). The fourth-order valence-electron chi connectivity index (χ4n) is 6.23. The highest BCUT2D eigenvalue weighted by Crippen LogP contribution is 2.37. The Morgan fingerprint density at radius 1 is 0.677 bits per heavy atom. The summed E-state index contributed by atoms with van der Waals surface area (Å²) in [4.78, 5) is 0. The SMILES string of the molecule is CC(C)C1CCC(CCC(CCC2CCC(C(C)C)CC2)NCCNCCCN)CC1. The van der Waals surface area contributed by atoms with Crippen LogP contribution in [0.1, 0.15) is 111 Å². The summed E-state index contributed by atoms with van der Waals surface area (Å²) in [7, 11) is 0. The molecule has 0 atom stereocenters. The van der Waals surface area contributed by atoms with Gasteiger partial charge in [-0.1, -0.05) is 53.4 Å². The van der Waals surface area contributed by atoms with Gasteiger partial charge in [-0.15, -0.1) is 0 Å². The first-order valence-electron chi connectivity index (χ1n) is 14.1. The van der Waals surface area contributed by atoms with E-state index in [2.05, 4.69) is 38.3 Å². The molecule has 4 N–H and O–H groups in total. The molecule has 0 bridgehead atoms. The molecule has 31 heavy (non-hydrogen) atoms. The van der Waals surface area contributed by atoms with Crippen LogP contribution in [0.4, 0.5) is 0 Å². The van der Waals surface area contributed by atoms with Gasteiger partial charge in [0.05, 0.1) is 0 Å². The maximum Gasteiger partial charge on any atom is 0.00793 e. The van der Waals surface area contributed by atoms with Gasteiger partial charge in [-0.25, -0.2) is 0 Å². The van der Waals surface area contributed by atoms with Crippen molar-refractivity contribution in [3.05, 3.63) is 0 Å². The first-order valence-corrected chi connectivity index (χ1v) is 14.1. The molecule has 3 nitrogen and oxygen atoms in total. The van der Waals surface area contributed by atoms with Crippen LogP contribution in [-0.2, 0) is 0 Å². The molecule has 0 saturated heterocycles. The van der Waals surface area contributed by atoms with Gasteiger partial charge in [0.2, 0.25) is 0 Å². The lowest BCUT2D eigenvalue weighted by Crippen LogP contribution is -2.36. The third-order valence-electron chi connectivity index (χ3n) is 8.81. The average molecular weight is 436 g/mol. The van der Waals surface area contributed by atoms with Crippen LogP contribution in [0.5, 0.6) is 0 Å². The third-order valence-corrected chi connectivity index (χ3v) is 8.81. The number of nitrogens with two attached hydrogens (primary N) is 1. The third kappa shape index (κ3) is 11.0. The fourth-order valence-corrected chi connectivity index (χ4v) is 6.23. The standard InChI is InChI=1S/C28H57N3/c1-22(2)26-12-6-24(7-13-26)10-16-28(31-21-20-30-19-5-18-29)17-11-25-8-14-27(15-9-25)23(3)4/h22-28,30-31H,5-21,29H2,1-4H3. The molecule has 0 aromatic rings. The zero-order chi connectivity index (χ0) is 22.5. The van der Waals surface area contributed by atoms with Crippen LogP contribution in [0.15, 0.2) is 0 Å². The number of hydrogen-bond donors (Lipinski definition) is 3. The van der Waals surface area contributed by atoms with Crippen LogP contribution in [0.2, 0.25) is 0 Å². The first-order chi connectivity index (χ1) is 15.0. The summed E-state index contributed by atoms with van der Waals surface area (Å²) in [5.74, 6) is 5.73. The van der Waals surface area contributed by atoms with E-state index in [1.165, 1.54) is 77.0 Å². The van der Waals surface area contributed by atoms with Crippen molar-refractivity contribution in [2.75, 3.05) is 26.2 Å². The molecule has 0 aromatic carbocycles. The molecule has 0 unspecified atom stereocenters. The van der Waals surface area contributed by atoms with Gasteiger partial charge < -0.3 is 16.4 Å². The lowest BCUT2D eigenvalue weighted by atomic mass is 9.74. The van der Waals surface area contributed by atoms with Crippen molar-refractivity contribution in [2.24, 2.45) is 41.2 Å². The van der Waals surface area contributed by atoms with Crippen molar-refractivity contribution in [1.82, 2.24) is 10.6 Å². The monoisotopic (exact) mass is 435 g/mol. The van der Waals surface area contributed by atoms with Crippen molar-refractivity contribution in [3.63, 3.8) is 0 Å². The molecule has 2 fully saturated rings. The molecular weight excluding hydrogens is 378 g/mol. The predicted octanol–water partition coefficient (Wildman–Crippen LogP) is 6.37. The molecule has 2 aliphatic carbocycles. The molecule has 0 aromatic heterocycles. The Morgan fingerprint density at radius 2 is 1.16 bits per heavy atom. The van der Waals surface area contributed by atoms with E-state index in [9.17, 15) is 0 Å². The van der Waals surface area contributed by atoms with Gasteiger partial charge in [-0.05, 0) is 106 Å². The average Bonchev–Trinajstić information content (AvgIpc) is 2.78. The summed E-state index contributed by atoms with van der Waals surface area (Å²) in [5, 5.41) is 7.48. The van der Waals surface area contributed by atoms with E-state index < -0.39 is 0 Å². The second kappa shape index (κ2) is 15.7. The maximum absolute atomic E-state index is 5.61. The Kier molecular flexibility index (Phi) is 13.7. The van der Waals surface area contributed by atoms with Crippen molar-refractivity contribution in [1.29, 1.82) is 0 Å². The Hall–Kier alpha value is -0.120. The Morgan fingerprint density at radius 3 is 1.58 bits per heavy atom. The molecule has 0 amide bonds. The fraction of sp³-hybridized carbons (Fsp3) is 1.00. The molecular formula is C28H57N3. The Labute approximate surface area is 195 Å². The van der Waals surface area contributed by atoms with Crippen LogP contribution in [0.3, 0.4) is 0 Å². The first kappa shape index (κ1) is 27.1. The smallest absolute Gasteiger partial charge is 0.00793 e. The van der Waals surface area contributed by atoms with E-state index in [4.69, 9.17) is 5.73 Å². The van der Waals surface area contributed by atoms with Gasteiger partial charge in [-0.3, -0.25) is 0 Å². The molecule has 0 radical (unpaired) electrons. The minimum Gasteiger partial charge on any atom is -0.330 e. The van der Waals surface area contributed by atoms with Gasteiger partial charge in [-0.2, -0.15) is 0 Å². The molecule has 3 heteroatoms. The van der Waals surface area contributed by atoms with E-state index in [1.54, 1.807) is 0 Å². The molecule has 0 aliphatic heterocycles. The van der Waals surface area contributed by atoms with Gasteiger partial charge in [0.25, 0.3) is 0 Å². The number of nitrogens with one attached hydrogen (secondary N) is 2. The van der Waals surface area contributed by atoms with Crippen LogP contribution >= 0.6 is 0 Å². The number of rotatable bonds is 15. The van der Waals surface area contributed by atoms with E-state index in [-0.39, 0.29) is 0 Å². The summed E-state index contributed by atoms with van der Waals surface area (Å²) >= 11 is 0. The largest absolute Gasteiger partial charge is 0.330 e. The molecule has 184 valence electrons. The lowest BCUT2D eigenvalue weighted by Gasteiger charge is -2.33. The van der Waals surface area contributed by atoms with E-state index >= 15 is 0 Å². The van der Waals surface area contributed by atoms with Gasteiger partial charge in [0.1, 0.15) is 0 Å². The highest BCUT2D eigenvalue weighted by Gasteiger charge is 2.25. The molecule has 0 spiro atoms. The second-order valence-electron chi connectivity index (χ2n) is 11.7. The minimum absolute atomic E-state index is 0.724. The van der Waals surface area contributed by atoms with Crippen LogP contribution in [-0.4, -0.2) is 32.2 Å². The van der Waals surface area contributed by atoms with Crippen molar-refractivity contribution < 1.29 is 0 Å². The summed E-state index contributed by atoms with van der Waals surface area (Å²) in [6, 6.07) is 0.724. The van der Waals surface area contributed by atoms with Crippen LogP contribution in [0, 0.1) is 35.5 Å². The predicted molar refractivity (Wildman–Crippen MR) is 137 cm³/mol. The van der Waals surface area contributed by atoms with Crippen LogP contribution < -0.4 is 16.4 Å². The van der Waals surface area contributed by atoms with Gasteiger partial charge >= 0.3 is 0 Å². The van der Waals surface area contributed by atoms with Crippen molar-refractivity contribution in [2.45, 2.75) is 117 Å². The normalized spacial score (nSPS) is 28.4. The Bertz CT molecular complexity index is 388. The zero-order valence-corrected chi connectivity index (χ0v) is 21.6. The van der Waals surface area contributed by atoms with E-state index in [0.717, 1.165) is 74.1 Å². The topological polar surface area (TPSA) is 50.1 Å². The molecule has 2 aliphatic rings. The summed E-state index contributed by atoms with van der Waals surface area (Å²) in [6.07, 6.45) is 18.6. The van der Waals surface area contributed by atoms with Gasteiger partial charge in [0.15, 0.2) is 0 Å². The lowest BCUT2D eigenvalue weighted by molar-refractivity contribution is 0.199. The van der Waals surface area contributed by atoms with E-state index in [0.29, 0.717) is 0 Å². The summed E-state index contributed by atoms with van der Waals surface area (Å²) < 4.78 is 0. The maximum atomic E-state index is 5.61. The summed E-state index contributed by atoms with van der Waals surface area (Å²) in [6.45, 7) is 13.7. The molecule has 2 saturated carbocycles. The minimum atomic E-state index is 0.724. The van der Waals surface area contributed by atoms with Crippen molar-refractivity contribution in [3.8, 4) is 0 Å². The quantitative estimate of drug-likeness (QED) is 0.262. The van der Waals surface area contributed by atoms with Crippen LogP contribution in [0.25, 0.3) is 0 Å². The Balaban J connectivity index is 1.70. The second-order valence-corrected chi connectivity index (χ2v) is 11.7. The highest BCUT2D eigenvalue weighted by molar-refractivity contribution is 4.79. The van der Waals surface area contributed by atoms with Crippen molar-refractivity contribution >= 4 is 0 Å². The van der Waals surface area contributed by atoms with Gasteiger partial charge in [0, 0.05) is 19.1 Å².